The lowest BCUT2D eigenvalue weighted by molar-refractivity contribution is 0.143. The number of unbranched alkanes of at least 4 members (excludes halogenated alkanes) is 1. The topological polar surface area (TPSA) is 45.6 Å². The van der Waals surface area contributed by atoms with Gasteiger partial charge in [-0.3, -0.25) is 4.99 Å². The van der Waals surface area contributed by atoms with E-state index in [0.29, 0.717) is 11.6 Å². The highest BCUT2D eigenvalue weighted by Gasteiger charge is 2.24. The highest BCUT2D eigenvalue weighted by Crippen LogP contribution is 2.29. The predicted octanol–water partition coefficient (Wildman–Crippen LogP) is 4.36. The van der Waals surface area contributed by atoms with E-state index in [4.69, 9.17) is 16.3 Å². The third-order valence-electron chi connectivity index (χ3n) is 3.79. The van der Waals surface area contributed by atoms with Crippen molar-refractivity contribution in [2.75, 3.05) is 33.4 Å². The van der Waals surface area contributed by atoms with Crippen LogP contribution in [0.2, 0.25) is 5.02 Å². The predicted molar refractivity (Wildman–Crippen MR) is 115 cm³/mol. The van der Waals surface area contributed by atoms with Gasteiger partial charge in [0.05, 0.1) is 0 Å². The Labute approximate surface area is 173 Å². The monoisotopic (exact) mass is 485 g/mol. The van der Waals surface area contributed by atoms with Crippen molar-refractivity contribution >= 4 is 41.5 Å². The molecule has 0 saturated heterocycles. The largest absolute Gasteiger partial charge is 0.382 e. The fourth-order valence-electron chi connectivity index (χ4n) is 2.34. The van der Waals surface area contributed by atoms with Crippen molar-refractivity contribution in [1.29, 1.82) is 0 Å². The van der Waals surface area contributed by atoms with Gasteiger partial charge in [-0.2, -0.15) is 0 Å². The second-order valence-corrected chi connectivity index (χ2v) is 6.67. The first-order valence-corrected chi connectivity index (χ1v) is 8.76. The normalized spacial score (nSPS) is 11.8. The van der Waals surface area contributed by atoms with Crippen LogP contribution in [0.25, 0.3) is 0 Å². The number of hydrogen-bond acceptors (Lipinski definition) is 2. The Bertz CT molecular complexity index is 541. The molecule has 0 heterocycles. The van der Waals surface area contributed by atoms with Gasteiger partial charge >= 0.3 is 0 Å². The Balaban J connectivity index is 0.00000576. The minimum atomic E-state index is -0.322. The molecule has 1 aromatic carbocycles. The summed E-state index contributed by atoms with van der Waals surface area (Å²) in [5.74, 6) is 0.426. The average Bonchev–Trinajstić information content (AvgIpc) is 2.53. The summed E-state index contributed by atoms with van der Waals surface area (Å²) in [7, 11) is 1.74. The first-order chi connectivity index (χ1) is 11.4. The van der Waals surface area contributed by atoms with Crippen molar-refractivity contribution in [2.45, 2.75) is 39.0 Å². The molecule has 1 rings (SSSR count). The highest BCUT2D eigenvalue weighted by atomic mass is 127. The van der Waals surface area contributed by atoms with Crippen molar-refractivity contribution in [2.24, 2.45) is 4.99 Å². The summed E-state index contributed by atoms with van der Waals surface area (Å²) in [6.07, 6.45) is 2.04. The molecule has 0 fully saturated rings. The van der Waals surface area contributed by atoms with Crippen molar-refractivity contribution in [1.82, 2.24) is 10.6 Å². The summed E-state index contributed by atoms with van der Waals surface area (Å²) in [5, 5.41) is 7.04. The third kappa shape index (κ3) is 9.06. The summed E-state index contributed by atoms with van der Waals surface area (Å²) in [5.41, 5.74) is 0.655. The molecule has 0 amide bonds. The quantitative estimate of drug-likeness (QED) is 0.236. The Morgan fingerprint density at radius 1 is 1.28 bits per heavy atom. The fourth-order valence-corrected chi connectivity index (χ4v) is 2.76. The maximum Gasteiger partial charge on any atom is 0.191 e. The van der Waals surface area contributed by atoms with Crippen LogP contribution in [-0.4, -0.2) is 39.3 Å². The van der Waals surface area contributed by atoms with Crippen LogP contribution in [0.4, 0.5) is 4.39 Å². The Morgan fingerprint density at radius 3 is 2.60 bits per heavy atom. The standard InChI is InChI=1S/C18H29ClFN3O.HI/c1-5-24-11-7-6-10-22-17(21-4)23-13-18(2,3)15-9-8-14(20)12-16(15)19;/h8-9,12H,5-7,10-11,13H2,1-4H3,(H2,21,22,23);1H. The van der Waals surface area contributed by atoms with Crippen LogP contribution >= 0.6 is 35.6 Å². The second-order valence-electron chi connectivity index (χ2n) is 6.26. The first-order valence-electron chi connectivity index (χ1n) is 8.38. The third-order valence-corrected chi connectivity index (χ3v) is 4.11. The lowest BCUT2D eigenvalue weighted by Crippen LogP contribution is -2.43. The summed E-state index contributed by atoms with van der Waals surface area (Å²) in [4.78, 5) is 4.23. The molecule has 0 saturated carbocycles. The zero-order chi connectivity index (χ0) is 18.0. The molecule has 0 aliphatic carbocycles. The van der Waals surface area contributed by atoms with Gasteiger partial charge < -0.3 is 15.4 Å². The lowest BCUT2D eigenvalue weighted by Gasteiger charge is -2.27. The van der Waals surface area contributed by atoms with E-state index in [0.717, 1.165) is 44.1 Å². The number of benzene rings is 1. The molecule has 4 nitrogen and oxygen atoms in total. The lowest BCUT2D eigenvalue weighted by atomic mass is 9.84. The maximum absolute atomic E-state index is 13.2. The molecule has 7 heteroatoms. The summed E-state index contributed by atoms with van der Waals surface area (Å²) in [6, 6.07) is 4.53. The number of nitrogens with zero attached hydrogens (tertiary/aromatic N) is 1. The van der Waals surface area contributed by atoms with Crippen molar-refractivity contribution in [3.05, 3.63) is 34.6 Å². The Kier molecular flexibility index (Phi) is 12.4. The molecule has 1 aromatic rings. The number of ether oxygens (including phenoxy) is 1. The van der Waals surface area contributed by atoms with Gasteiger partial charge in [0, 0.05) is 43.8 Å². The van der Waals surface area contributed by atoms with E-state index in [1.165, 1.54) is 12.1 Å². The molecule has 0 radical (unpaired) electrons. The molecule has 2 N–H and O–H groups in total. The van der Waals surface area contributed by atoms with Gasteiger partial charge in [0.2, 0.25) is 0 Å². The van der Waals surface area contributed by atoms with E-state index in [1.54, 1.807) is 13.1 Å². The number of aliphatic imine (C=N–C) groups is 1. The van der Waals surface area contributed by atoms with Crippen LogP contribution in [0, 0.1) is 5.82 Å². The fraction of sp³-hybridized carbons (Fsp3) is 0.611. The molecule has 0 spiro atoms. The van der Waals surface area contributed by atoms with E-state index in [9.17, 15) is 4.39 Å². The number of halogens is 3. The van der Waals surface area contributed by atoms with Crippen LogP contribution in [0.1, 0.15) is 39.2 Å². The first kappa shape index (κ1) is 24.4. The molecule has 0 aliphatic heterocycles. The molecule has 0 aromatic heterocycles. The smallest absolute Gasteiger partial charge is 0.191 e. The van der Waals surface area contributed by atoms with Crippen molar-refractivity contribution in [3.63, 3.8) is 0 Å². The molecule has 0 aliphatic rings. The van der Waals surface area contributed by atoms with Gasteiger partial charge in [-0.25, -0.2) is 4.39 Å². The van der Waals surface area contributed by atoms with E-state index < -0.39 is 0 Å². The Morgan fingerprint density at radius 2 is 2.00 bits per heavy atom. The van der Waals surface area contributed by atoms with Crippen LogP contribution in [-0.2, 0) is 10.2 Å². The van der Waals surface area contributed by atoms with Gasteiger partial charge in [0.15, 0.2) is 5.96 Å². The zero-order valence-electron chi connectivity index (χ0n) is 15.5. The van der Waals surface area contributed by atoms with E-state index in [2.05, 4.69) is 29.5 Å². The SMILES string of the molecule is CCOCCCCNC(=NC)NCC(C)(C)c1ccc(F)cc1Cl.I. The number of hydrogen-bond donors (Lipinski definition) is 2. The molecule has 0 unspecified atom stereocenters. The van der Waals surface area contributed by atoms with Gasteiger partial charge in [-0.15, -0.1) is 24.0 Å². The van der Waals surface area contributed by atoms with Gasteiger partial charge in [-0.05, 0) is 37.5 Å². The molecule has 0 bridgehead atoms. The summed E-state index contributed by atoms with van der Waals surface area (Å²) >= 11 is 6.18. The summed E-state index contributed by atoms with van der Waals surface area (Å²) in [6.45, 7) is 9.15. The van der Waals surface area contributed by atoms with Gasteiger partial charge in [0.25, 0.3) is 0 Å². The number of guanidine groups is 1. The molecule has 0 atom stereocenters. The van der Waals surface area contributed by atoms with Gasteiger partial charge in [-0.1, -0.05) is 31.5 Å². The van der Waals surface area contributed by atoms with Crippen molar-refractivity contribution < 1.29 is 9.13 Å². The number of rotatable bonds is 9. The van der Waals surface area contributed by atoms with E-state index in [-0.39, 0.29) is 35.2 Å². The van der Waals surface area contributed by atoms with E-state index >= 15 is 0 Å². The molecule has 144 valence electrons. The Hall–Kier alpha value is -0.600. The van der Waals surface area contributed by atoms with E-state index in [1.807, 2.05) is 6.92 Å². The average molecular weight is 486 g/mol. The zero-order valence-corrected chi connectivity index (χ0v) is 18.6. The van der Waals surface area contributed by atoms with Crippen LogP contribution in [0.3, 0.4) is 0 Å². The van der Waals surface area contributed by atoms with Crippen LogP contribution in [0.15, 0.2) is 23.2 Å². The number of nitrogens with one attached hydrogen (secondary N) is 2. The minimum absolute atomic E-state index is 0. The van der Waals surface area contributed by atoms with Gasteiger partial charge in [0.1, 0.15) is 5.82 Å². The van der Waals surface area contributed by atoms with Crippen LogP contribution < -0.4 is 10.6 Å². The molecular formula is C18H30ClFIN3O. The van der Waals surface area contributed by atoms with Crippen molar-refractivity contribution in [3.8, 4) is 0 Å². The molecule has 25 heavy (non-hydrogen) atoms. The second kappa shape index (κ2) is 12.7. The highest BCUT2D eigenvalue weighted by molar-refractivity contribution is 14.0. The maximum atomic E-state index is 13.2. The van der Waals surface area contributed by atoms with Crippen LogP contribution in [0.5, 0.6) is 0 Å². The molecular weight excluding hydrogens is 456 g/mol. The minimum Gasteiger partial charge on any atom is -0.382 e. The summed E-state index contributed by atoms with van der Waals surface area (Å²) < 4.78 is 18.5.